The highest BCUT2D eigenvalue weighted by Gasteiger charge is 2.33. The first-order valence-corrected chi connectivity index (χ1v) is 8.84. The Morgan fingerprint density at radius 3 is 2.37 bits per heavy atom. The second-order valence-electron chi connectivity index (χ2n) is 6.22. The topological polar surface area (TPSA) is 81.6 Å². The van der Waals surface area contributed by atoms with Crippen molar-refractivity contribution < 1.29 is 18.0 Å². The molecular weight excluding hydrogens is 404 g/mol. The molecule has 0 spiro atoms. The normalized spacial score (nSPS) is 15.0. The fourth-order valence-corrected chi connectivity index (χ4v) is 3.76. The predicted octanol–water partition coefficient (Wildman–Crippen LogP) is 5.40. The highest BCUT2D eigenvalue weighted by atomic mass is 35.5. The van der Waals surface area contributed by atoms with Crippen LogP contribution in [0.4, 0.5) is 19.0 Å². The molecule has 1 aliphatic carbocycles. The van der Waals surface area contributed by atoms with E-state index in [9.17, 15) is 23.2 Å². The third-order valence-electron chi connectivity index (χ3n) is 4.46. The average molecular weight is 417 g/mol. The zero-order chi connectivity index (χ0) is 19.8. The zero-order valence-electron chi connectivity index (χ0n) is 13.8. The quantitative estimate of drug-likeness (QED) is 0.702. The van der Waals surface area contributed by atoms with Gasteiger partial charge in [0.1, 0.15) is 23.1 Å². The zero-order valence-corrected chi connectivity index (χ0v) is 15.3. The first kappa shape index (κ1) is 19.5. The molecule has 2 aromatic rings. The first-order valence-electron chi connectivity index (χ1n) is 8.08. The van der Waals surface area contributed by atoms with Gasteiger partial charge in [-0.2, -0.15) is 23.5 Å². The Labute approximate surface area is 162 Å². The summed E-state index contributed by atoms with van der Waals surface area (Å²) in [5.74, 6) is -0.304. The van der Waals surface area contributed by atoms with E-state index in [0.29, 0.717) is 0 Å². The fraction of sp³-hybridized carbons (Fsp3) is 0.353. The SMILES string of the molecule is N#Cc1c(-c2c(Cl)cc(C(F)(F)F)cc2Cl)n[nH]c1NC(=O)C1CCCC1. The van der Waals surface area contributed by atoms with E-state index in [4.69, 9.17) is 23.2 Å². The van der Waals surface area contributed by atoms with E-state index in [2.05, 4.69) is 15.5 Å². The summed E-state index contributed by atoms with van der Waals surface area (Å²) in [4.78, 5) is 12.3. The Balaban J connectivity index is 1.98. The van der Waals surface area contributed by atoms with Crippen molar-refractivity contribution in [2.45, 2.75) is 31.9 Å². The lowest BCUT2D eigenvalue weighted by Crippen LogP contribution is -2.21. The minimum Gasteiger partial charge on any atom is -0.310 e. The van der Waals surface area contributed by atoms with Crippen molar-refractivity contribution in [3.8, 4) is 17.3 Å². The average Bonchev–Trinajstić information content (AvgIpc) is 3.23. The number of hydrogen-bond acceptors (Lipinski definition) is 3. The van der Waals surface area contributed by atoms with Gasteiger partial charge in [0.2, 0.25) is 5.91 Å². The summed E-state index contributed by atoms with van der Waals surface area (Å²) in [6.45, 7) is 0. The number of aromatic nitrogens is 2. The van der Waals surface area contributed by atoms with E-state index in [1.807, 2.05) is 6.07 Å². The van der Waals surface area contributed by atoms with Crippen molar-refractivity contribution in [1.82, 2.24) is 10.2 Å². The van der Waals surface area contributed by atoms with Gasteiger partial charge >= 0.3 is 6.18 Å². The van der Waals surface area contributed by atoms with E-state index in [1.54, 1.807) is 0 Å². The van der Waals surface area contributed by atoms with Crippen LogP contribution in [0.2, 0.25) is 10.0 Å². The number of carbonyl (C=O) groups is 1. The third-order valence-corrected chi connectivity index (χ3v) is 5.05. The van der Waals surface area contributed by atoms with Crippen LogP contribution >= 0.6 is 23.2 Å². The third kappa shape index (κ3) is 3.89. The summed E-state index contributed by atoms with van der Waals surface area (Å²) in [7, 11) is 0. The summed E-state index contributed by atoms with van der Waals surface area (Å²) in [6, 6.07) is 3.33. The molecular formula is C17H13Cl2F3N4O. The van der Waals surface area contributed by atoms with Gasteiger partial charge in [-0.25, -0.2) is 0 Å². The molecule has 5 nitrogen and oxygen atoms in total. The number of halogens is 5. The number of carbonyl (C=O) groups excluding carboxylic acids is 1. The summed E-state index contributed by atoms with van der Waals surface area (Å²) >= 11 is 12.0. The molecule has 2 N–H and O–H groups in total. The number of nitrogens with zero attached hydrogens (tertiary/aromatic N) is 2. The molecule has 3 rings (SSSR count). The minimum absolute atomic E-state index is 0.0134. The van der Waals surface area contributed by atoms with Crippen molar-refractivity contribution in [2.24, 2.45) is 5.92 Å². The number of nitrogens with one attached hydrogen (secondary N) is 2. The smallest absolute Gasteiger partial charge is 0.310 e. The Bertz CT molecular complexity index is 904. The molecule has 1 aliphatic rings. The van der Waals surface area contributed by atoms with Crippen LogP contribution in [0.5, 0.6) is 0 Å². The minimum atomic E-state index is -4.62. The summed E-state index contributed by atoms with van der Waals surface area (Å²) in [6.07, 6.45) is -1.14. The summed E-state index contributed by atoms with van der Waals surface area (Å²) in [5.41, 5.74) is -1.10. The number of anilines is 1. The lowest BCUT2D eigenvalue weighted by atomic mass is 10.0. The molecule has 0 radical (unpaired) electrons. The van der Waals surface area contributed by atoms with E-state index in [0.717, 1.165) is 37.8 Å². The van der Waals surface area contributed by atoms with E-state index < -0.39 is 11.7 Å². The van der Waals surface area contributed by atoms with Crippen molar-refractivity contribution in [1.29, 1.82) is 5.26 Å². The lowest BCUT2D eigenvalue weighted by Gasteiger charge is -2.11. The van der Waals surface area contributed by atoms with Gasteiger partial charge in [0, 0.05) is 11.5 Å². The van der Waals surface area contributed by atoms with Gasteiger partial charge in [-0.1, -0.05) is 36.0 Å². The van der Waals surface area contributed by atoms with E-state index in [1.165, 1.54) is 0 Å². The molecule has 1 aromatic carbocycles. The van der Waals surface area contributed by atoms with Gasteiger partial charge in [0.15, 0.2) is 0 Å². The van der Waals surface area contributed by atoms with Crippen molar-refractivity contribution in [2.75, 3.05) is 5.32 Å². The number of nitriles is 1. The second-order valence-corrected chi connectivity index (χ2v) is 7.03. The number of aromatic amines is 1. The van der Waals surface area contributed by atoms with Crippen molar-refractivity contribution in [3.63, 3.8) is 0 Å². The second kappa shape index (κ2) is 7.41. The van der Waals surface area contributed by atoms with Crippen LogP contribution in [-0.2, 0) is 11.0 Å². The molecule has 1 saturated carbocycles. The van der Waals surface area contributed by atoms with Gasteiger partial charge in [-0.15, -0.1) is 0 Å². The van der Waals surface area contributed by atoms with Crippen LogP contribution in [0.1, 0.15) is 36.8 Å². The van der Waals surface area contributed by atoms with Crippen LogP contribution < -0.4 is 5.32 Å². The van der Waals surface area contributed by atoms with Gasteiger partial charge in [0.25, 0.3) is 0 Å². The van der Waals surface area contributed by atoms with E-state index in [-0.39, 0.29) is 44.5 Å². The van der Waals surface area contributed by atoms with Crippen LogP contribution in [0.3, 0.4) is 0 Å². The largest absolute Gasteiger partial charge is 0.416 e. The number of alkyl halides is 3. The Hall–Kier alpha value is -2.24. The highest BCUT2D eigenvalue weighted by Crippen LogP contribution is 2.41. The van der Waals surface area contributed by atoms with Gasteiger partial charge in [-0.05, 0) is 25.0 Å². The molecule has 1 fully saturated rings. The molecule has 10 heteroatoms. The Morgan fingerprint density at radius 1 is 1.26 bits per heavy atom. The molecule has 0 atom stereocenters. The monoisotopic (exact) mass is 416 g/mol. The Kier molecular flexibility index (Phi) is 5.36. The maximum Gasteiger partial charge on any atom is 0.416 e. The van der Waals surface area contributed by atoms with Gasteiger partial charge in [0.05, 0.1) is 15.6 Å². The Morgan fingerprint density at radius 2 is 1.85 bits per heavy atom. The molecule has 0 aliphatic heterocycles. The molecule has 27 heavy (non-hydrogen) atoms. The van der Waals surface area contributed by atoms with Crippen molar-refractivity contribution in [3.05, 3.63) is 33.3 Å². The first-order chi connectivity index (χ1) is 12.7. The molecule has 1 heterocycles. The van der Waals surface area contributed by atoms with Gasteiger partial charge < -0.3 is 5.32 Å². The molecule has 1 aromatic heterocycles. The van der Waals surface area contributed by atoms with Crippen LogP contribution in [0, 0.1) is 17.2 Å². The van der Waals surface area contributed by atoms with Crippen LogP contribution in [0.25, 0.3) is 11.3 Å². The highest BCUT2D eigenvalue weighted by molar-refractivity contribution is 6.39. The van der Waals surface area contributed by atoms with Crippen molar-refractivity contribution >= 4 is 34.9 Å². The number of H-pyrrole nitrogens is 1. The van der Waals surface area contributed by atoms with Gasteiger partial charge in [-0.3, -0.25) is 9.89 Å². The summed E-state index contributed by atoms with van der Waals surface area (Å²) < 4.78 is 38.7. The molecule has 0 unspecified atom stereocenters. The molecule has 142 valence electrons. The molecule has 0 saturated heterocycles. The molecule has 1 amide bonds. The van der Waals surface area contributed by atoms with Crippen LogP contribution in [0.15, 0.2) is 12.1 Å². The number of amides is 1. The lowest BCUT2D eigenvalue weighted by molar-refractivity contribution is -0.137. The molecule has 0 bridgehead atoms. The maximum atomic E-state index is 12.9. The summed E-state index contributed by atoms with van der Waals surface area (Å²) in [5, 5.41) is 18.0. The fourth-order valence-electron chi connectivity index (χ4n) is 3.10. The number of benzene rings is 1. The standard InChI is InChI=1S/C17H13Cl2F3N4O/c18-11-5-9(17(20,21)22)6-12(19)13(11)14-10(7-23)15(26-25-14)24-16(27)8-3-1-2-4-8/h5-6,8H,1-4H2,(H2,24,25,26,27). The predicted molar refractivity (Wildman–Crippen MR) is 94.3 cm³/mol. The van der Waals surface area contributed by atoms with Crippen LogP contribution in [-0.4, -0.2) is 16.1 Å². The maximum absolute atomic E-state index is 12.9. The van der Waals surface area contributed by atoms with E-state index >= 15 is 0 Å². The number of hydrogen-bond donors (Lipinski definition) is 2. The number of rotatable bonds is 3.